The standard InChI is InChI=1S/C40H69NO24/c1-17-20(46)13-40(39(55)56,64-32(17)27(50)21(47)14-42)65-35-28(51)22(15-43)60-38(31(35)54)62-33-23(16-44)61-36(58-12-10-8-6-5-7-9-11-24(48)57-4)25(41-19(3)45)34(33)63-37-30(53)29(52)26(49)18(2)59-37/h17-18,20-23,25-38,42-44,46-47,49-54H,5-16H2,1-4H3,(H,41,45)(H,55,56)/t17?,18?,20?,21-,22?,23?,25?,26?,27-,28?,29?,30?,31?,32?,33?,34?,35?,36?,37?,38?,40?/m1/s1. The normalized spacial score (nSPS) is 41.0. The van der Waals surface area contributed by atoms with Crippen LogP contribution in [0.5, 0.6) is 0 Å². The lowest BCUT2D eigenvalue weighted by atomic mass is 9.84. The highest BCUT2D eigenvalue weighted by atomic mass is 16.8. The Hall–Kier alpha value is -2.35. The van der Waals surface area contributed by atoms with Crippen LogP contribution in [0, 0.1) is 5.92 Å². The lowest BCUT2D eigenvalue weighted by Crippen LogP contribution is -2.70. The second-order valence-corrected chi connectivity index (χ2v) is 17.0. The van der Waals surface area contributed by atoms with Gasteiger partial charge in [0.1, 0.15) is 79.3 Å². The number of aliphatic hydroxyl groups excluding tert-OH is 11. The number of hydrogen-bond acceptors (Lipinski definition) is 23. The molecule has 4 fully saturated rings. The molecule has 65 heavy (non-hydrogen) atoms. The van der Waals surface area contributed by atoms with Gasteiger partial charge in [0.05, 0.1) is 45.2 Å². The number of aliphatic hydroxyl groups is 11. The van der Waals surface area contributed by atoms with Crippen LogP contribution in [0.1, 0.15) is 72.1 Å². The number of hydrogen-bond donors (Lipinski definition) is 13. The molecule has 25 nitrogen and oxygen atoms in total. The molecule has 4 heterocycles. The number of aliphatic carboxylic acids is 1. The number of carbonyl (C=O) groups is 3. The summed E-state index contributed by atoms with van der Waals surface area (Å²) >= 11 is 0. The average molecular weight is 948 g/mol. The monoisotopic (exact) mass is 947 g/mol. The number of carboxylic acids is 1. The maximum atomic E-state index is 12.9. The molecule has 378 valence electrons. The number of rotatable bonds is 23. The fourth-order valence-electron chi connectivity index (χ4n) is 8.27. The van der Waals surface area contributed by atoms with Crippen molar-refractivity contribution in [1.29, 1.82) is 0 Å². The molecule has 13 N–H and O–H groups in total. The summed E-state index contributed by atoms with van der Waals surface area (Å²) in [7, 11) is 1.32. The molecule has 0 saturated carbocycles. The first-order chi connectivity index (χ1) is 30.7. The molecule has 0 aliphatic carbocycles. The minimum Gasteiger partial charge on any atom is -0.477 e. The van der Waals surface area contributed by atoms with Crippen molar-refractivity contribution < 1.29 is 118 Å². The highest BCUT2D eigenvalue weighted by Gasteiger charge is 2.60. The molecule has 25 heteroatoms. The summed E-state index contributed by atoms with van der Waals surface area (Å²) in [5.74, 6) is -6.88. The largest absolute Gasteiger partial charge is 0.477 e. The van der Waals surface area contributed by atoms with Gasteiger partial charge in [-0.05, 0) is 19.8 Å². The third-order valence-electron chi connectivity index (χ3n) is 12.2. The minimum absolute atomic E-state index is 0.0566. The zero-order valence-corrected chi connectivity index (χ0v) is 36.8. The predicted molar refractivity (Wildman–Crippen MR) is 213 cm³/mol. The van der Waals surface area contributed by atoms with Gasteiger partial charge in [0, 0.05) is 32.3 Å². The number of esters is 1. The quantitative estimate of drug-likeness (QED) is 0.0336. The van der Waals surface area contributed by atoms with Crippen molar-refractivity contribution in [3.63, 3.8) is 0 Å². The van der Waals surface area contributed by atoms with E-state index in [1.165, 1.54) is 21.0 Å². The number of amides is 1. The maximum Gasteiger partial charge on any atom is 0.364 e. The van der Waals surface area contributed by atoms with Crippen LogP contribution in [0.4, 0.5) is 0 Å². The molecule has 0 aromatic heterocycles. The molecule has 4 saturated heterocycles. The first-order valence-electron chi connectivity index (χ1n) is 21.8. The van der Waals surface area contributed by atoms with Gasteiger partial charge in [0.15, 0.2) is 18.9 Å². The second kappa shape index (κ2) is 25.3. The first kappa shape index (κ1) is 55.2. The van der Waals surface area contributed by atoms with E-state index in [9.17, 15) is 75.7 Å². The molecule has 4 rings (SSSR count). The molecular formula is C40H69NO24. The van der Waals surface area contributed by atoms with E-state index in [1.54, 1.807) is 0 Å². The van der Waals surface area contributed by atoms with E-state index in [4.69, 9.17) is 37.9 Å². The van der Waals surface area contributed by atoms with Crippen molar-refractivity contribution in [2.24, 2.45) is 5.92 Å². The lowest BCUT2D eigenvalue weighted by Gasteiger charge is -2.51. The van der Waals surface area contributed by atoms with Crippen LogP contribution in [0.15, 0.2) is 0 Å². The summed E-state index contributed by atoms with van der Waals surface area (Å²) in [6.45, 7) is 1.10. The van der Waals surface area contributed by atoms with Crippen LogP contribution < -0.4 is 5.32 Å². The molecule has 21 atom stereocenters. The summed E-state index contributed by atoms with van der Waals surface area (Å²) in [6, 6.07) is -1.40. The molecule has 1 amide bonds. The summed E-state index contributed by atoms with van der Waals surface area (Å²) in [5, 5.41) is 130. The number of ether oxygens (including phenoxy) is 9. The van der Waals surface area contributed by atoms with Crippen LogP contribution >= 0.6 is 0 Å². The molecule has 19 unspecified atom stereocenters. The summed E-state index contributed by atoms with van der Waals surface area (Å²) in [5.41, 5.74) is 0. The van der Waals surface area contributed by atoms with Crippen molar-refractivity contribution in [1.82, 2.24) is 5.32 Å². The number of methoxy groups -OCH3 is 1. The van der Waals surface area contributed by atoms with Gasteiger partial charge in [-0.2, -0.15) is 0 Å². The predicted octanol–water partition coefficient (Wildman–Crippen LogP) is -5.17. The van der Waals surface area contributed by atoms with E-state index in [1.807, 2.05) is 0 Å². The molecule has 0 spiro atoms. The van der Waals surface area contributed by atoms with Crippen LogP contribution in [-0.4, -0.2) is 235 Å². The Bertz CT molecular complexity index is 1480. The Labute approximate surface area is 375 Å². The van der Waals surface area contributed by atoms with Gasteiger partial charge in [-0.3, -0.25) is 9.59 Å². The second-order valence-electron chi connectivity index (χ2n) is 17.0. The molecule has 0 radical (unpaired) electrons. The Morgan fingerprint density at radius 2 is 1.34 bits per heavy atom. The Kier molecular flexibility index (Phi) is 21.5. The maximum absolute atomic E-state index is 12.9. The van der Waals surface area contributed by atoms with E-state index in [-0.39, 0.29) is 12.6 Å². The van der Waals surface area contributed by atoms with Gasteiger partial charge in [-0.25, -0.2) is 4.79 Å². The Morgan fingerprint density at radius 1 is 0.738 bits per heavy atom. The van der Waals surface area contributed by atoms with Crippen LogP contribution in [0.2, 0.25) is 0 Å². The number of carbonyl (C=O) groups excluding carboxylic acids is 2. The molecular weight excluding hydrogens is 878 g/mol. The van der Waals surface area contributed by atoms with Crippen molar-refractivity contribution in [3.05, 3.63) is 0 Å². The van der Waals surface area contributed by atoms with Crippen molar-refractivity contribution >= 4 is 17.8 Å². The topological polar surface area (TPSA) is 389 Å². The highest BCUT2D eigenvalue weighted by molar-refractivity contribution is 5.76. The van der Waals surface area contributed by atoms with E-state index in [0.717, 1.165) is 26.2 Å². The van der Waals surface area contributed by atoms with Gasteiger partial charge < -0.3 is 109 Å². The van der Waals surface area contributed by atoms with Gasteiger partial charge >= 0.3 is 11.9 Å². The van der Waals surface area contributed by atoms with Crippen molar-refractivity contribution in [3.8, 4) is 0 Å². The third kappa shape index (κ3) is 13.7. The molecule has 0 aromatic carbocycles. The van der Waals surface area contributed by atoms with Crippen LogP contribution in [-0.2, 0) is 57.0 Å². The lowest BCUT2D eigenvalue weighted by molar-refractivity contribution is -0.392. The van der Waals surface area contributed by atoms with Crippen LogP contribution in [0.3, 0.4) is 0 Å². The highest BCUT2D eigenvalue weighted by Crippen LogP contribution is 2.40. The van der Waals surface area contributed by atoms with Crippen LogP contribution in [0.25, 0.3) is 0 Å². The fourth-order valence-corrected chi connectivity index (χ4v) is 8.27. The third-order valence-corrected chi connectivity index (χ3v) is 12.2. The zero-order chi connectivity index (χ0) is 48.3. The smallest absolute Gasteiger partial charge is 0.364 e. The van der Waals surface area contributed by atoms with E-state index >= 15 is 0 Å². The number of unbranched alkanes of at least 4 members (excludes halogenated alkanes) is 5. The van der Waals surface area contributed by atoms with E-state index in [0.29, 0.717) is 25.7 Å². The van der Waals surface area contributed by atoms with Gasteiger partial charge in [0.2, 0.25) is 5.91 Å². The van der Waals surface area contributed by atoms with Gasteiger partial charge in [0.25, 0.3) is 5.79 Å². The molecule has 4 aliphatic rings. The molecule has 4 aliphatic heterocycles. The van der Waals surface area contributed by atoms with Crippen molar-refractivity contribution in [2.75, 3.05) is 33.5 Å². The summed E-state index contributed by atoms with van der Waals surface area (Å²) < 4.78 is 52.2. The zero-order valence-electron chi connectivity index (χ0n) is 36.8. The summed E-state index contributed by atoms with van der Waals surface area (Å²) in [4.78, 5) is 37.1. The molecule has 0 bridgehead atoms. The number of carboxylic acid groups (broad SMARTS) is 1. The average Bonchev–Trinajstić information content (AvgIpc) is 3.27. The SMILES string of the molecule is COC(=O)CCCCCCCCOC1OC(CO)C(OC2OC(CO)C(O)C(OC3(C(=O)O)CC(O)C(C)C([C@H](O)[C@H](O)CO)O3)C2O)C(OC2OC(C)C(O)C(O)C2O)C1NC(C)=O. The Morgan fingerprint density at radius 3 is 1.94 bits per heavy atom. The minimum atomic E-state index is -2.96. The van der Waals surface area contributed by atoms with E-state index in [2.05, 4.69) is 10.1 Å². The van der Waals surface area contributed by atoms with Gasteiger partial charge in [-0.1, -0.05) is 32.6 Å². The first-order valence-corrected chi connectivity index (χ1v) is 21.8. The molecule has 0 aromatic rings. The van der Waals surface area contributed by atoms with Crippen molar-refractivity contribution in [2.45, 2.75) is 194 Å². The fraction of sp³-hybridized carbons (Fsp3) is 0.925. The summed E-state index contributed by atoms with van der Waals surface area (Å²) in [6.07, 6.45) is -27.9. The van der Waals surface area contributed by atoms with Gasteiger partial charge in [-0.15, -0.1) is 0 Å². The Balaban J connectivity index is 1.64. The van der Waals surface area contributed by atoms with E-state index < -0.39 is 166 Å². The number of nitrogens with one attached hydrogen (secondary N) is 1.